The number of para-hydroxylation sites is 1. The first kappa shape index (κ1) is 22.0. The minimum absolute atomic E-state index is 0.00889. The highest BCUT2D eigenvalue weighted by Gasteiger charge is 2.27. The Morgan fingerprint density at radius 3 is 2.53 bits per heavy atom. The second kappa shape index (κ2) is 10.4. The average Bonchev–Trinajstić information content (AvgIpc) is 3.36. The predicted molar refractivity (Wildman–Crippen MR) is 124 cm³/mol. The number of carbonyl (C=O) groups excluding carboxylic acids is 1. The number of nitrogens with one attached hydrogen (secondary N) is 1. The zero-order valence-corrected chi connectivity index (χ0v) is 18.7. The summed E-state index contributed by atoms with van der Waals surface area (Å²) >= 11 is 0. The van der Waals surface area contributed by atoms with Gasteiger partial charge in [0.1, 0.15) is 5.75 Å². The molecule has 1 atom stereocenters. The zero-order chi connectivity index (χ0) is 22.3. The summed E-state index contributed by atoms with van der Waals surface area (Å²) in [5.74, 6) is 1.16. The summed E-state index contributed by atoms with van der Waals surface area (Å²) in [6.45, 7) is 7.61. The third-order valence-electron chi connectivity index (χ3n) is 6.05. The molecule has 1 aliphatic heterocycles. The predicted octanol–water partition coefficient (Wildman–Crippen LogP) is 3.46. The van der Waals surface area contributed by atoms with Crippen LogP contribution in [-0.4, -0.2) is 67.2 Å². The normalized spacial score (nSPS) is 15.9. The molecule has 32 heavy (non-hydrogen) atoms. The number of methoxy groups -OCH3 is 1. The number of amides is 1. The summed E-state index contributed by atoms with van der Waals surface area (Å²) in [4.78, 5) is 17.7. The zero-order valence-electron chi connectivity index (χ0n) is 18.7. The van der Waals surface area contributed by atoms with E-state index in [0.717, 1.165) is 49.6 Å². The highest BCUT2D eigenvalue weighted by Crippen LogP contribution is 2.30. The van der Waals surface area contributed by atoms with Gasteiger partial charge < -0.3 is 19.5 Å². The molecule has 1 fully saturated rings. The van der Waals surface area contributed by atoms with Crippen molar-refractivity contribution in [1.82, 2.24) is 20.3 Å². The lowest BCUT2D eigenvalue weighted by molar-refractivity contribution is 0.0844. The molecule has 7 heteroatoms. The van der Waals surface area contributed by atoms with Crippen molar-refractivity contribution in [2.45, 2.75) is 13.0 Å². The van der Waals surface area contributed by atoms with Gasteiger partial charge in [0, 0.05) is 49.9 Å². The lowest BCUT2D eigenvalue weighted by Gasteiger charge is -2.39. The Morgan fingerprint density at radius 1 is 1.09 bits per heavy atom. The first-order valence-corrected chi connectivity index (χ1v) is 11.1. The number of nitrogens with zero attached hydrogens (tertiary/aromatic N) is 3. The molecule has 0 unspecified atom stereocenters. The summed E-state index contributed by atoms with van der Waals surface area (Å²) in [6.07, 6.45) is 0. The fourth-order valence-corrected chi connectivity index (χ4v) is 4.17. The van der Waals surface area contributed by atoms with E-state index in [1.807, 2.05) is 48.5 Å². The van der Waals surface area contributed by atoms with Gasteiger partial charge in [0.25, 0.3) is 5.91 Å². The lowest BCUT2D eigenvalue weighted by atomic mass is 10.0. The van der Waals surface area contributed by atoms with Gasteiger partial charge in [0.05, 0.1) is 13.2 Å². The van der Waals surface area contributed by atoms with Crippen LogP contribution in [0.4, 0.5) is 0 Å². The monoisotopic (exact) mass is 434 g/mol. The van der Waals surface area contributed by atoms with Crippen molar-refractivity contribution in [1.29, 1.82) is 0 Å². The molecule has 1 aromatic heterocycles. The molecule has 7 nitrogen and oxygen atoms in total. The Morgan fingerprint density at radius 2 is 1.81 bits per heavy atom. The standard InChI is InChI=1S/C25H30N4O3/c1-3-28-13-15-29(16-14-28)22(20-11-7-8-12-23(20)31-2)18-26-25(30)21-17-24(32-27-21)19-9-5-4-6-10-19/h4-12,17,22H,3,13-16,18H2,1-2H3,(H,26,30)/t22-/m0/s1. The molecule has 168 valence electrons. The third-order valence-corrected chi connectivity index (χ3v) is 6.05. The summed E-state index contributed by atoms with van der Waals surface area (Å²) < 4.78 is 11.0. The molecule has 4 rings (SSSR count). The highest BCUT2D eigenvalue weighted by atomic mass is 16.5. The second-order valence-corrected chi connectivity index (χ2v) is 7.88. The quantitative estimate of drug-likeness (QED) is 0.586. The molecule has 2 heterocycles. The maximum Gasteiger partial charge on any atom is 0.273 e. The molecule has 1 amide bonds. The smallest absolute Gasteiger partial charge is 0.273 e. The van der Waals surface area contributed by atoms with Crippen LogP contribution in [0.1, 0.15) is 29.0 Å². The first-order chi connectivity index (χ1) is 15.7. The van der Waals surface area contributed by atoms with Crippen LogP contribution >= 0.6 is 0 Å². The molecule has 1 aliphatic rings. The highest BCUT2D eigenvalue weighted by molar-refractivity contribution is 5.93. The minimum Gasteiger partial charge on any atom is -0.496 e. The summed E-state index contributed by atoms with van der Waals surface area (Å²) in [7, 11) is 1.68. The Hall–Kier alpha value is -3.16. The van der Waals surface area contributed by atoms with Crippen LogP contribution in [0.25, 0.3) is 11.3 Å². The van der Waals surface area contributed by atoms with E-state index in [1.165, 1.54) is 0 Å². The SMILES string of the molecule is CCN1CCN([C@@H](CNC(=O)c2cc(-c3ccccc3)on2)c2ccccc2OC)CC1. The molecule has 0 radical (unpaired) electrons. The molecule has 3 aromatic rings. The Kier molecular flexibility index (Phi) is 7.19. The topological polar surface area (TPSA) is 70.8 Å². The fourth-order valence-electron chi connectivity index (χ4n) is 4.17. The Labute approximate surface area is 188 Å². The molecule has 0 spiro atoms. The number of carbonyl (C=O) groups is 1. The number of aromatic nitrogens is 1. The Balaban J connectivity index is 1.49. The van der Waals surface area contributed by atoms with Crippen molar-refractivity contribution in [2.24, 2.45) is 0 Å². The van der Waals surface area contributed by atoms with E-state index >= 15 is 0 Å². The fraction of sp³-hybridized carbons (Fsp3) is 0.360. The van der Waals surface area contributed by atoms with Gasteiger partial charge in [0.2, 0.25) is 0 Å². The molecule has 1 saturated heterocycles. The molecule has 0 aliphatic carbocycles. The van der Waals surface area contributed by atoms with Gasteiger partial charge in [0.15, 0.2) is 11.5 Å². The van der Waals surface area contributed by atoms with Crippen LogP contribution in [0.5, 0.6) is 5.75 Å². The summed E-state index contributed by atoms with van der Waals surface area (Å²) in [5.41, 5.74) is 2.24. The van der Waals surface area contributed by atoms with Gasteiger partial charge >= 0.3 is 0 Å². The number of rotatable bonds is 8. The van der Waals surface area contributed by atoms with Crippen LogP contribution in [0, 0.1) is 0 Å². The van der Waals surface area contributed by atoms with Gasteiger partial charge in [-0.15, -0.1) is 0 Å². The average molecular weight is 435 g/mol. The number of hydrogen-bond acceptors (Lipinski definition) is 6. The van der Waals surface area contributed by atoms with Crippen LogP contribution in [0.2, 0.25) is 0 Å². The van der Waals surface area contributed by atoms with Crippen LogP contribution in [0.3, 0.4) is 0 Å². The van der Waals surface area contributed by atoms with Crippen LogP contribution < -0.4 is 10.1 Å². The maximum atomic E-state index is 12.9. The molecule has 0 bridgehead atoms. The van der Waals surface area contributed by atoms with Crippen LogP contribution in [-0.2, 0) is 0 Å². The number of hydrogen-bond donors (Lipinski definition) is 1. The molecular weight excluding hydrogens is 404 g/mol. The van der Waals surface area contributed by atoms with E-state index in [1.54, 1.807) is 13.2 Å². The molecule has 1 N–H and O–H groups in total. The largest absolute Gasteiger partial charge is 0.496 e. The lowest BCUT2D eigenvalue weighted by Crippen LogP contribution is -2.49. The molecule has 0 saturated carbocycles. The number of ether oxygens (including phenoxy) is 1. The molecule has 2 aromatic carbocycles. The third kappa shape index (κ3) is 5.00. The van der Waals surface area contributed by atoms with Gasteiger partial charge in [-0.05, 0) is 12.6 Å². The summed E-state index contributed by atoms with van der Waals surface area (Å²) in [6, 6.07) is 19.4. The maximum absolute atomic E-state index is 12.9. The van der Waals surface area contributed by atoms with Crippen molar-refractivity contribution in [3.05, 3.63) is 71.9 Å². The van der Waals surface area contributed by atoms with Crippen molar-refractivity contribution < 1.29 is 14.1 Å². The van der Waals surface area contributed by atoms with E-state index in [9.17, 15) is 4.79 Å². The van der Waals surface area contributed by atoms with E-state index in [4.69, 9.17) is 9.26 Å². The van der Waals surface area contributed by atoms with Gasteiger partial charge in [-0.2, -0.15) is 0 Å². The van der Waals surface area contributed by atoms with E-state index in [2.05, 4.69) is 33.3 Å². The van der Waals surface area contributed by atoms with Crippen molar-refractivity contribution in [2.75, 3.05) is 46.4 Å². The van der Waals surface area contributed by atoms with E-state index in [-0.39, 0.29) is 17.6 Å². The summed E-state index contributed by atoms with van der Waals surface area (Å²) in [5, 5.41) is 7.04. The number of piperazine rings is 1. The van der Waals surface area contributed by atoms with Gasteiger partial charge in [-0.25, -0.2) is 0 Å². The van der Waals surface area contributed by atoms with Gasteiger partial charge in [-0.1, -0.05) is 60.6 Å². The second-order valence-electron chi connectivity index (χ2n) is 7.88. The number of benzene rings is 2. The van der Waals surface area contributed by atoms with Crippen molar-refractivity contribution >= 4 is 5.91 Å². The van der Waals surface area contributed by atoms with Crippen molar-refractivity contribution in [3.63, 3.8) is 0 Å². The number of likely N-dealkylation sites (N-methyl/N-ethyl adjacent to an activating group) is 1. The minimum atomic E-state index is -0.247. The first-order valence-electron chi connectivity index (χ1n) is 11.1. The van der Waals surface area contributed by atoms with Gasteiger partial charge in [-0.3, -0.25) is 9.69 Å². The van der Waals surface area contributed by atoms with Crippen LogP contribution in [0.15, 0.2) is 65.2 Å². The molecular formula is C25H30N4O3. The Bertz CT molecular complexity index is 1010. The van der Waals surface area contributed by atoms with Crippen molar-refractivity contribution in [3.8, 4) is 17.1 Å². The van der Waals surface area contributed by atoms with E-state index in [0.29, 0.717) is 12.3 Å². The van der Waals surface area contributed by atoms with E-state index < -0.39 is 0 Å².